The highest BCUT2D eigenvalue weighted by Crippen LogP contribution is 2.27. The number of anilines is 3. The second kappa shape index (κ2) is 6.45. The molecule has 1 aliphatic heterocycles. The van der Waals surface area contributed by atoms with E-state index >= 15 is 0 Å². The fourth-order valence-electron chi connectivity index (χ4n) is 2.34. The van der Waals surface area contributed by atoms with Crippen LogP contribution in [0, 0.1) is 6.92 Å². The number of hydrogen-bond donors (Lipinski definition) is 1. The van der Waals surface area contributed by atoms with Crippen LogP contribution in [0.1, 0.15) is 5.56 Å². The third kappa shape index (κ3) is 3.36. The van der Waals surface area contributed by atoms with Crippen LogP contribution < -0.4 is 10.2 Å². The Labute approximate surface area is 133 Å². The third-order valence-corrected chi connectivity index (χ3v) is 4.59. The van der Waals surface area contributed by atoms with Crippen LogP contribution in [0.4, 0.5) is 17.2 Å². The molecule has 0 spiro atoms. The summed E-state index contributed by atoms with van der Waals surface area (Å²) in [6.07, 6.45) is 1.81. The first kappa shape index (κ1) is 14.4. The van der Waals surface area contributed by atoms with Crippen LogP contribution in [0.25, 0.3) is 0 Å². The van der Waals surface area contributed by atoms with Crippen molar-refractivity contribution in [3.05, 3.63) is 46.6 Å². The number of halogens is 1. The predicted octanol–water partition coefficient (Wildman–Crippen LogP) is 3.73. The summed E-state index contributed by atoms with van der Waals surface area (Å²) in [6, 6.07) is 10.4. The molecule has 1 fully saturated rings. The molecular formula is C16H18BrN3O. The fourth-order valence-corrected chi connectivity index (χ4v) is 2.67. The molecule has 1 aliphatic rings. The third-order valence-electron chi connectivity index (χ3n) is 3.59. The molecule has 0 unspecified atom stereocenters. The van der Waals surface area contributed by atoms with E-state index in [-0.39, 0.29) is 0 Å². The molecule has 4 nitrogen and oxygen atoms in total. The van der Waals surface area contributed by atoms with E-state index in [1.807, 2.05) is 12.3 Å². The Morgan fingerprint density at radius 3 is 2.57 bits per heavy atom. The van der Waals surface area contributed by atoms with E-state index in [0.29, 0.717) is 0 Å². The van der Waals surface area contributed by atoms with Gasteiger partial charge in [0.2, 0.25) is 0 Å². The molecule has 21 heavy (non-hydrogen) atoms. The average molecular weight is 348 g/mol. The molecule has 0 atom stereocenters. The van der Waals surface area contributed by atoms with Gasteiger partial charge in [-0.05, 0) is 58.7 Å². The van der Waals surface area contributed by atoms with Crippen LogP contribution in [0.2, 0.25) is 0 Å². The van der Waals surface area contributed by atoms with Gasteiger partial charge in [-0.25, -0.2) is 4.98 Å². The summed E-state index contributed by atoms with van der Waals surface area (Å²) >= 11 is 3.57. The highest BCUT2D eigenvalue weighted by Gasteiger charge is 2.11. The molecule has 0 saturated carbocycles. The number of nitrogens with one attached hydrogen (secondary N) is 1. The highest BCUT2D eigenvalue weighted by atomic mass is 79.9. The summed E-state index contributed by atoms with van der Waals surface area (Å²) in [4.78, 5) is 6.70. The number of benzene rings is 1. The molecular weight excluding hydrogens is 330 g/mol. The Balaban J connectivity index is 1.73. The van der Waals surface area contributed by atoms with Crippen LogP contribution >= 0.6 is 15.9 Å². The summed E-state index contributed by atoms with van der Waals surface area (Å²) in [7, 11) is 0. The Hall–Kier alpha value is -1.59. The minimum absolute atomic E-state index is 0.806. The lowest BCUT2D eigenvalue weighted by molar-refractivity contribution is 0.122. The van der Waals surface area contributed by atoms with Crippen molar-refractivity contribution in [1.82, 2.24) is 4.98 Å². The standard InChI is InChI=1S/C16H18BrN3O/c1-12-6-7-18-16(15(12)17)19-13-2-4-14(5-3-13)20-8-10-21-11-9-20/h2-7H,8-11H2,1H3,(H,18,19). The zero-order chi connectivity index (χ0) is 14.7. The quantitative estimate of drug-likeness (QED) is 0.917. The first-order valence-corrected chi connectivity index (χ1v) is 7.84. The van der Waals surface area contributed by atoms with E-state index < -0.39 is 0 Å². The number of hydrogen-bond acceptors (Lipinski definition) is 4. The van der Waals surface area contributed by atoms with E-state index in [4.69, 9.17) is 4.74 Å². The predicted molar refractivity (Wildman–Crippen MR) is 89.4 cm³/mol. The molecule has 1 N–H and O–H groups in total. The molecule has 0 radical (unpaired) electrons. The lowest BCUT2D eigenvalue weighted by atomic mass is 10.2. The number of pyridine rings is 1. The Morgan fingerprint density at radius 2 is 1.86 bits per heavy atom. The van der Waals surface area contributed by atoms with Crippen LogP contribution in [-0.4, -0.2) is 31.3 Å². The largest absolute Gasteiger partial charge is 0.378 e. The summed E-state index contributed by atoms with van der Waals surface area (Å²) in [5, 5.41) is 3.34. The minimum Gasteiger partial charge on any atom is -0.378 e. The van der Waals surface area contributed by atoms with Crippen molar-refractivity contribution in [1.29, 1.82) is 0 Å². The molecule has 0 bridgehead atoms. The molecule has 5 heteroatoms. The van der Waals surface area contributed by atoms with Gasteiger partial charge in [0, 0.05) is 30.7 Å². The maximum absolute atomic E-state index is 5.38. The average Bonchev–Trinajstić information content (AvgIpc) is 2.53. The molecule has 0 aliphatic carbocycles. The van der Waals surface area contributed by atoms with Crippen LogP contribution in [0.15, 0.2) is 41.0 Å². The Morgan fingerprint density at radius 1 is 1.14 bits per heavy atom. The second-order valence-corrected chi connectivity index (χ2v) is 5.85. The summed E-state index contributed by atoms with van der Waals surface area (Å²) in [5.41, 5.74) is 3.43. The molecule has 1 saturated heterocycles. The summed E-state index contributed by atoms with van der Waals surface area (Å²) in [5.74, 6) is 0.842. The first-order chi connectivity index (χ1) is 10.2. The van der Waals surface area contributed by atoms with Gasteiger partial charge in [-0.3, -0.25) is 0 Å². The molecule has 3 rings (SSSR count). The van der Waals surface area contributed by atoms with Gasteiger partial charge in [0.15, 0.2) is 0 Å². The SMILES string of the molecule is Cc1ccnc(Nc2ccc(N3CCOCC3)cc2)c1Br. The van der Waals surface area contributed by atoms with Crippen molar-refractivity contribution in [3.8, 4) is 0 Å². The lowest BCUT2D eigenvalue weighted by Gasteiger charge is -2.28. The van der Waals surface area contributed by atoms with Crippen molar-refractivity contribution in [2.75, 3.05) is 36.5 Å². The van der Waals surface area contributed by atoms with E-state index in [1.165, 1.54) is 5.69 Å². The first-order valence-electron chi connectivity index (χ1n) is 7.05. The lowest BCUT2D eigenvalue weighted by Crippen LogP contribution is -2.36. The van der Waals surface area contributed by atoms with E-state index in [1.54, 1.807) is 0 Å². The number of morpholine rings is 1. The second-order valence-electron chi connectivity index (χ2n) is 5.06. The maximum Gasteiger partial charge on any atom is 0.144 e. The van der Waals surface area contributed by atoms with Crippen molar-refractivity contribution < 1.29 is 4.74 Å². The molecule has 1 aromatic carbocycles. The Kier molecular flexibility index (Phi) is 4.41. The molecule has 0 amide bonds. The number of ether oxygens (including phenoxy) is 1. The molecule has 2 heterocycles. The van der Waals surface area contributed by atoms with Gasteiger partial charge >= 0.3 is 0 Å². The van der Waals surface area contributed by atoms with Crippen LogP contribution in [0.3, 0.4) is 0 Å². The van der Waals surface area contributed by atoms with Gasteiger partial charge in [-0.15, -0.1) is 0 Å². The topological polar surface area (TPSA) is 37.4 Å². The number of rotatable bonds is 3. The molecule has 1 aromatic heterocycles. The maximum atomic E-state index is 5.38. The van der Waals surface area contributed by atoms with Gasteiger partial charge in [-0.2, -0.15) is 0 Å². The molecule has 2 aromatic rings. The zero-order valence-corrected chi connectivity index (χ0v) is 13.6. The number of aryl methyl sites for hydroxylation is 1. The normalized spacial score (nSPS) is 15.0. The van der Waals surface area contributed by atoms with E-state index in [9.17, 15) is 0 Å². The van der Waals surface area contributed by atoms with Crippen molar-refractivity contribution in [2.24, 2.45) is 0 Å². The minimum atomic E-state index is 0.806. The zero-order valence-electron chi connectivity index (χ0n) is 12.0. The van der Waals surface area contributed by atoms with Crippen LogP contribution in [0.5, 0.6) is 0 Å². The number of aromatic nitrogens is 1. The van der Waals surface area contributed by atoms with E-state index in [0.717, 1.165) is 47.8 Å². The number of nitrogens with zero attached hydrogens (tertiary/aromatic N) is 2. The highest BCUT2D eigenvalue weighted by molar-refractivity contribution is 9.10. The van der Waals surface area contributed by atoms with Crippen molar-refractivity contribution in [2.45, 2.75) is 6.92 Å². The van der Waals surface area contributed by atoms with Crippen molar-refractivity contribution >= 4 is 33.1 Å². The van der Waals surface area contributed by atoms with Crippen LogP contribution in [-0.2, 0) is 4.74 Å². The van der Waals surface area contributed by atoms with Gasteiger partial charge < -0.3 is 15.0 Å². The summed E-state index contributed by atoms with van der Waals surface area (Å²) in [6.45, 7) is 5.58. The smallest absolute Gasteiger partial charge is 0.144 e. The van der Waals surface area contributed by atoms with Gasteiger partial charge in [0.05, 0.1) is 17.7 Å². The molecule has 110 valence electrons. The monoisotopic (exact) mass is 347 g/mol. The summed E-state index contributed by atoms with van der Waals surface area (Å²) < 4.78 is 6.38. The van der Waals surface area contributed by atoms with Crippen molar-refractivity contribution in [3.63, 3.8) is 0 Å². The van der Waals surface area contributed by atoms with E-state index in [2.05, 4.69) is 62.3 Å². The fraction of sp³-hybridized carbons (Fsp3) is 0.312. The van der Waals surface area contributed by atoms with Gasteiger partial charge in [-0.1, -0.05) is 0 Å². The van der Waals surface area contributed by atoms with Gasteiger partial charge in [0.25, 0.3) is 0 Å². The Bertz CT molecular complexity index is 609. The van der Waals surface area contributed by atoms with Gasteiger partial charge in [0.1, 0.15) is 5.82 Å².